The lowest BCUT2D eigenvalue weighted by atomic mass is 9.86. The van der Waals surface area contributed by atoms with E-state index in [0.29, 0.717) is 18.4 Å². The van der Waals surface area contributed by atoms with Gasteiger partial charge in [0.25, 0.3) is 0 Å². The molecule has 6 heteroatoms. The van der Waals surface area contributed by atoms with E-state index in [0.717, 1.165) is 6.42 Å². The van der Waals surface area contributed by atoms with Gasteiger partial charge in [0, 0.05) is 12.6 Å². The van der Waals surface area contributed by atoms with Gasteiger partial charge in [-0.2, -0.15) is 0 Å². The number of aliphatic hydroxyl groups excluding tert-OH is 1. The second-order valence-corrected chi connectivity index (χ2v) is 5.23. The fourth-order valence-corrected chi connectivity index (χ4v) is 2.40. The van der Waals surface area contributed by atoms with Crippen molar-refractivity contribution < 1.29 is 19.8 Å². The van der Waals surface area contributed by atoms with Gasteiger partial charge in [-0.25, -0.2) is 9.59 Å². The maximum absolute atomic E-state index is 12.0. The lowest BCUT2D eigenvalue weighted by Crippen LogP contribution is -2.56. The second-order valence-electron chi connectivity index (χ2n) is 5.23. The van der Waals surface area contributed by atoms with Crippen molar-refractivity contribution in [2.75, 3.05) is 13.2 Å². The number of hydrogen-bond acceptors (Lipinski definition) is 3. The van der Waals surface area contributed by atoms with Gasteiger partial charge in [-0.15, -0.1) is 0 Å². The molecular weight excluding hydrogens is 236 g/mol. The molecule has 0 spiro atoms. The van der Waals surface area contributed by atoms with Crippen molar-refractivity contribution in [3.63, 3.8) is 0 Å². The summed E-state index contributed by atoms with van der Waals surface area (Å²) in [6.45, 7) is 6.14. The van der Waals surface area contributed by atoms with Crippen molar-refractivity contribution >= 4 is 12.0 Å². The second kappa shape index (κ2) is 6.04. The number of carbonyl (C=O) groups is 2. The van der Waals surface area contributed by atoms with Gasteiger partial charge in [0.05, 0.1) is 6.61 Å². The average Bonchev–Trinajstić information content (AvgIpc) is 2.29. The Balaban J connectivity index is 2.67. The molecule has 1 saturated heterocycles. The predicted molar refractivity (Wildman–Crippen MR) is 66.2 cm³/mol. The molecule has 0 saturated carbocycles. The number of nitrogens with zero attached hydrogens (tertiary/aromatic N) is 1. The van der Waals surface area contributed by atoms with Gasteiger partial charge in [-0.05, 0) is 25.2 Å². The number of likely N-dealkylation sites (tertiary alicyclic amines) is 1. The van der Waals surface area contributed by atoms with Crippen LogP contribution in [0.15, 0.2) is 0 Å². The highest BCUT2D eigenvalue weighted by molar-refractivity contribution is 5.82. The Labute approximate surface area is 107 Å². The van der Waals surface area contributed by atoms with Crippen molar-refractivity contribution in [3.8, 4) is 0 Å². The number of aliphatic carboxylic acids is 1. The largest absolute Gasteiger partial charge is 0.480 e. The number of piperidine rings is 1. The van der Waals surface area contributed by atoms with Gasteiger partial charge >= 0.3 is 12.0 Å². The van der Waals surface area contributed by atoms with Crippen LogP contribution in [-0.2, 0) is 4.79 Å². The van der Waals surface area contributed by atoms with Crippen LogP contribution in [0, 0.1) is 11.8 Å². The Morgan fingerprint density at radius 3 is 2.50 bits per heavy atom. The molecule has 0 aromatic heterocycles. The van der Waals surface area contributed by atoms with Crippen LogP contribution in [0.5, 0.6) is 0 Å². The molecule has 4 unspecified atom stereocenters. The fourth-order valence-electron chi connectivity index (χ4n) is 2.40. The van der Waals surface area contributed by atoms with Crippen LogP contribution >= 0.6 is 0 Å². The number of rotatable bonds is 3. The van der Waals surface area contributed by atoms with Crippen molar-refractivity contribution in [1.29, 1.82) is 0 Å². The Hall–Kier alpha value is -1.30. The minimum absolute atomic E-state index is 0.0781. The number of aliphatic hydroxyl groups is 1. The van der Waals surface area contributed by atoms with E-state index in [9.17, 15) is 9.59 Å². The highest BCUT2D eigenvalue weighted by Crippen LogP contribution is 2.26. The summed E-state index contributed by atoms with van der Waals surface area (Å²) >= 11 is 0. The van der Waals surface area contributed by atoms with Crippen molar-refractivity contribution in [1.82, 2.24) is 10.2 Å². The minimum atomic E-state index is -1.24. The molecule has 18 heavy (non-hydrogen) atoms. The number of urea groups is 1. The standard InChI is InChI=1S/C12H22N2O4/c1-7-4-8(2)9(3)14(5-7)12(18)13-10(6-15)11(16)17/h7-10,15H,4-6H2,1-3H3,(H,13,18)(H,16,17). The van der Waals surface area contributed by atoms with E-state index in [1.807, 2.05) is 6.92 Å². The first-order valence-corrected chi connectivity index (χ1v) is 6.27. The number of carbonyl (C=O) groups excluding carboxylic acids is 1. The SMILES string of the molecule is CC1CC(C)C(C)N(C(=O)NC(CO)C(=O)O)C1. The van der Waals surface area contributed by atoms with Gasteiger partial charge in [0.15, 0.2) is 6.04 Å². The molecule has 1 fully saturated rings. The Morgan fingerprint density at radius 2 is 2.00 bits per heavy atom. The summed E-state index contributed by atoms with van der Waals surface area (Å²) in [4.78, 5) is 24.4. The van der Waals surface area contributed by atoms with Crippen LogP contribution in [0.1, 0.15) is 27.2 Å². The van der Waals surface area contributed by atoms with Crippen molar-refractivity contribution in [2.24, 2.45) is 11.8 Å². The third-order valence-corrected chi connectivity index (χ3v) is 3.64. The number of hydrogen-bond donors (Lipinski definition) is 3. The minimum Gasteiger partial charge on any atom is -0.480 e. The van der Waals surface area contributed by atoms with E-state index in [1.165, 1.54) is 0 Å². The maximum Gasteiger partial charge on any atom is 0.328 e. The van der Waals surface area contributed by atoms with E-state index >= 15 is 0 Å². The molecule has 2 amide bonds. The van der Waals surface area contributed by atoms with E-state index in [1.54, 1.807) is 4.90 Å². The maximum atomic E-state index is 12.0. The van der Waals surface area contributed by atoms with E-state index in [4.69, 9.17) is 10.2 Å². The Morgan fingerprint density at radius 1 is 1.39 bits per heavy atom. The molecule has 104 valence electrons. The zero-order chi connectivity index (χ0) is 13.9. The van der Waals surface area contributed by atoms with E-state index < -0.39 is 24.6 Å². The summed E-state index contributed by atoms with van der Waals surface area (Å²) in [7, 11) is 0. The summed E-state index contributed by atoms with van der Waals surface area (Å²) in [5, 5.41) is 20.0. The first-order valence-electron chi connectivity index (χ1n) is 6.27. The molecular formula is C12H22N2O4. The number of carboxylic acid groups (broad SMARTS) is 1. The molecule has 3 N–H and O–H groups in total. The zero-order valence-electron chi connectivity index (χ0n) is 11.1. The molecule has 4 atom stereocenters. The molecule has 1 rings (SSSR count). The quantitative estimate of drug-likeness (QED) is 0.688. The molecule has 0 aromatic rings. The van der Waals surface area contributed by atoms with E-state index in [2.05, 4.69) is 19.2 Å². The number of nitrogens with one attached hydrogen (secondary N) is 1. The Kier molecular flexibility index (Phi) is 4.95. The lowest BCUT2D eigenvalue weighted by Gasteiger charge is -2.41. The normalized spacial score (nSPS) is 29.8. The molecule has 0 aromatic carbocycles. The molecule has 1 aliphatic heterocycles. The van der Waals surface area contributed by atoms with Gasteiger partial charge in [-0.3, -0.25) is 0 Å². The lowest BCUT2D eigenvalue weighted by molar-refractivity contribution is -0.140. The molecule has 6 nitrogen and oxygen atoms in total. The molecule has 1 heterocycles. The van der Waals surface area contributed by atoms with E-state index in [-0.39, 0.29) is 6.04 Å². The van der Waals surface area contributed by atoms with Gasteiger partial charge < -0.3 is 20.4 Å². The summed E-state index contributed by atoms with van der Waals surface area (Å²) < 4.78 is 0. The summed E-state index contributed by atoms with van der Waals surface area (Å²) in [6, 6.07) is -1.58. The summed E-state index contributed by atoms with van der Waals surface area (Å²) in [5.74, 6) is -0.437. The summed E-state index contributed by atoms with van der Waals surface area (Å²) in [6.07, 6.45) is 1.06. The highest BCUT2D eigenvalue weighted by Gasteiger charge is 2.33. The van der Waals surface area contributed by atoms with Crippen LogP contribution in [0.2, 0.25) is 0 Å². The van der Waals surface area contributed by atoms with Crippen molar-refractivity contribution in [3.05, 3.63) is 0 Å². The average molecular weight is 258 g/mol. The van der Waals surface area contributed by atoms with Gasteiger partial charge in [0.2, 0.25) is 0 Å². The van der Waals surface area contributed by atoms with Crippen LogP contribution < -0.4 is 5.32 Å². The monoisotopic (exact) mass is 258 g/mol. The zero-order valence-corrected chi connectivity index (χ0v) is 11.1. The molecule has 0 bridgehead atoms. The van der Waals surface area contributed by atoms with Gasteiger partial charge in [-0.1, -0.05) is 13.8 Å². The molecule has 1 aliphatic rings. The third-order valence-electron chi connectivity index (χ3n) is 3.64. The molecule has 0 aliphatic carbocycles. The first kappa shape index (κ1) is 14.8. The first-order chi connectivity index (χ1) is 8.36. The number of amides is 2. The fraction of sp³-hybridized carbons (Fsp3) is 0.833. The Bertz CT molecular complexity index is 321. The van der Waals surface area contributed by atoms with Crippen LogP contribution in [0.25, 0.3) is 0 Å². The van der Waals surface area contributed by atoms with Crippen LogP contribution in [-0.4, -0.2) is 52.3 Å². The predicted octanol–water partition coefficient (Wildman–Crippen LogP) is 0.508. The third kappa shape index (κ3) is 3.35. The van der Waals surface area contributed by atoms with Gasteiger partial charge in [0.1, 0.15) is 0 Å². The molecule has 0 radical (unpaired) electrons. The van der Waals surface area contributed by atoms with Crippen molar-refractivity contribution in [2.45, 2.75) is 39.3 Å². The smallest absolute Gasteiger partial charge is 0.328 e. The number of carboxylic acids is 1. The highest BCUT2D eigenvalue weighted by atomic mass is 16.4. The summed E-state index contributed by atoms with van der Waals surface area (Å²) in [5.41, 5.74) is 0. The van der Waals surface area contributed by atoms with Crippen LogP contribution in [0.3, 0.4) is 0 Å². The van der Waals surface area contributed by atoms with Crippen LogP contribution in [0.4, 0.5) is 4.79 Å². The topological polar surface area (TPSA) is 89.9 Å².